The van der Waals surface area contributed by atoms with E-state index in [1.807, 2.05) is 37.3 Å². The largest absolute Gasteiger partial charge is 0.480 e. The van der Waals surface area contributed by atoms with E-state index in [1.54, 1.807) is 16.8 Å². The van der Waals surface area contributed by atoms with E-state index in [-0.39, 0.29) is 6.54 Å². The molecule has 100 valence electrons. The van der Waals surface area contributed by atoms with E-state index in [0.717, 1.165) is 11.1 Å². The highest BCUT2D eigenvalue weighted by molar-refractivity contribution is 5.79. The molecule has 0 amide bonds. The maximum atomic E-state index is 11.1. The summed E-state index contributed by atoms with van der Waals surface area (Å²) in [4.78, 5) is 19.8. The Morgan fingerprint density at radius 3 is 2.70 bits per heavy atom. The molecule has 5 heteroatoms. The van der Waals surface area contributed by atoms with Crippen LogP contribution in [0.5, 0.6) is 0 Å². The van der Waals surface area contributed by atoms with Crippen LogP contribution >= 0.6 is 0 Å². The molecule has 1 aromatic carbocycles. The molecule has 0 spiro atoms. The Bertz CT molecular complexity index is 775. The second kappa shape index (κ2) is 4.77. The summed E-state index contributed by atoms with van der Waals surface area (Å²) in [6.07, 6.45) is 1.64. The summed E-state index contributed by atoms with van der Waals surface area (Å²) in [5.41, 5.74) is 3.32. The summed E-state index contributed by atoms with van der Waals surface area (Å²) in [6, 6.07) is 11.5. The predicted octanol–water partition coefficient (Wildman–Crippen LogP) is 2.49. The Kier molecular flexibility index (Phi) is 2.95. The van der Waals surface area contributed by atoms with Crippen molar-refractivity contribution in [1.82, 2.24) is 14.5 Å². The molecule has 0 unspecified atom stereocenters. The number of benzene rings is 1. The number of nitrogens with zero attached hydrogens (tertiary/aromatic N) is 3. The Balaban J connectivity index is 2.23. The third-order valence-corrected chi connectivity index (χ3v) is 3.11. The first-order valence-electron chi connectivity index (χ1n) is 6.25. The molecule has 0 radical (unpaired) electrons. The minimum Gasteiger partial charge on any atom is -0.480 e. The van der Waals surface area contributed by atoms with Gasteiger partial charge >= 0.3 is 5.97 Å². The van der Waals surface area contributed by atoms with Crippen molar-refractivity contribution >= 4 is 17.1 Å². The fraction of sp³-hybridized carbons (Fsp3) is 0.133. The fourth-order valence-corrected chi connectivity index (χ4v) is 2.17. The molecule has 20 heavy (non-hydrogen) atoms. The number of carboxylic acid groups (broad SMARTS) is 1. The highest BCUT2D eigenvalue weighted by Crippen LogP contribution is 2.23. The second-order valence-electron chi connectivity index (χ2n) is 4.63. The van der Waals surface area contributed by atoms with Gasteiger partial charge in [-0.3, -0.25) is 9.36 Å². The van der Waals surface area contributed by atoms with Crippen LogP contribution in [-0.4, -0.2) is 25.6 Å². The van der Waals surface area contributed by atoms with E-state index in [4.69, 9.17) is 5.11 Å². The second-order valence-corrected chi connectivity index (χ2v) is 4.63. The maximum Gasteiger partial charge on any atom is 0.323 e. The van der Waals surface area contributed by atoms with Crippen LogP contribution in [-0.2, 0) is 11.3 Å². The topological polar surface area (TPSA) is 68.0 Å². The number of pyridine rings is 1. The van der Waals surface area contributed by atoms with Crippen LogP contribution < -0.4 is 0 Å². The standard InChI is InChI=1S/C15H13N3O2/c1-10-4-6-11(7-5-10)14-17-12-3-2-8-16-15(12)18(14)9-13(19)20/h2-8H,9H2,1H3,(H,19,20). The quantitative estimate of drug-likeness (QED) is 0.791. The van der Waals surface area contributed by atoms with Gasteiger partial charge in [-0.2, -0.15) is 0 Å². The van der Waals surface area contributed by atoms with Crippen molar-refractivity contribution in [2.75, 3.05) is 0 Å². The number of carbonyl (C=O) groups is 1. The van der Waals surface area contributed by atoms with E-state index in [0.29, 0.717) is 17.0 Å². The number of carboxylic acids is 1. The van der Waals surface area contributed by atoms with E-state index < -0.39 is 5.97 Å². The molecule has 2 heterocycles. The van der Waals surface area contributed by atoms with Gasteiger partial charge in [-0.25, -0.2) is 9.97 Å². The Morgan fingerprint density at radius 1 is 1.25 bits per heavy atom. The zero-order chi connectivity index (χ0) is 14.1. The third-order valence-electron chi connectivity index (χ3n) is 3.11. The number of imidazole rings is 1. The van der Waals surface area contributed by atoms with Crippen molar-refractivity contribution in [3.05, 3.63) is 48.2 Å². The molecule has 0 aliphatic heterocycles. The molecule has 3 rings (SSSR count). The average molecular weight is 267 g/mol. The Morgan fingerprint density at radius 2 is 2.00 bits per heavy atom. The summed E-state index contributed by atoms with van der Waals surface area (Å²) >= 11 is 0. The molecule has 5 nitrogen and oxygen atoms in total. The van der Waals surface area contributed by atoms with E-state index in [1.165, 1.54) is 0 Å². The minimum atomic E-state index is -0.914. The number of aryl methyl sites for hydroxylation is 1. The molecule has 2 aromatic heterocycles. The van der Waals surface area contributed by atoms with Crippen molar-refractivity contribution in [3.8, 4) is 11.4 Å². The molecule has 0 atom stereocenters. The van der Waals surface area contributed by atoms with Gasteiger partial charge < -0.3 is 5.11 Å². The molecule has 3 aromatic rings. The van der Waals surface area contributed by atoms with Gasteiger partial charge in [0.05, 0.1) is 0 Å². The summed E-state index contributed by atoms with van der Waals surface area (Å²) in [6.45, 7) is 1.85. The van der Waals surface area contributed by atoms with E-state index in [9.17, 15) is 4.79 Å². The van der Waals surface area contributed by atoms with Gasteiger partial charge in [0.15, 0.2) is 5.65 Å². The fourth-order valence-electron chi connectivity index (χ4n) is 2.17. The van der Waals surface area contributed by atoms with Gasteiger partial charge in [0.2, 0.25) is 0 Å². The third kappa shape index (κ3) is 2.14. The highest BCUT2D eigenvalue weighted by Gasteiger charge is 2.15. The molecular weight excluding hydrogens is 254 g/mol. The number of hydrogen-bond acceptors (Lipinski definition) is 3. The lowest BCUT2D eigenvalue weighted by atomic mass is 10.1. The van der Waals surface area contributed by atoms with Crippen LogP contribution in [0.25, 0.3) is 22.6 Å². The molecule has 1 N–H and O–H groups in total. The summed E-state index contributed by atoms with van der Waals surface area (Å²) in [5, 5.41) is 9.08. The first kappa shape index (κ1) is 12.3. The molecule has 0 saturated heterocycles. The van der Waals surface area contributed by atoms with Crippen LogP contribution in [0.1, 0.15) is 5.56 Å². The highest BCUT2D eigenvalue weighted by atomic mass is 16.4. The van der Waals surface area contributed by atoms with Gasteiger partial charge in [-0.05, 0) is 19.1 Å². The van der Waals surface area contributed by atoms with Crippen LogP contribution in [0.3, 0.4) is 0 Å². The number of fused-ring (bicyclic) bond motifs is 1. The van der Waals surface area contributed by atoms with Gasteiger partial charge in [0, 0.05) is 11.8 Å². The van der Waals surface area contributed by atoms with Crippen LogP contribution in [0.4, 0.5) is 0 Å². The van der Waals surface area contributed by atoms with Crippen molar-refractivity contribution in [2.45, 2.75) is 13.5 Å². The van der Waals surface area contributed by atoms with Crippen molar-refractivity contribution in [1.29, 1.82) is 0 Å². The molecule has 0 saturated carbocycles. The number of aromatic nitrogens is 3. The lowest BCUT2D eigenvalue weighted by Gasteiger charge is -2.06. The van der Waals surface area contributed by atoms with E-state index in [2.05, 4.69) is 9.97 Å². The smallest absolute Gasteiger partial charge is 0.323 e. The zero-order valence-corrected chi connectivity index (χ0v) is 10.9. The van der Waals surface area contributed by atoms with Crippen LogP contribution in [0.2, 0.25) is 0 Å². The van der Waals surface area contributed by atoms with Crippen molar-refractivity contribution in [2.24, 2.45) is 0 Å². The zero-order valence-electron chi connectivity index (χ0n) is 10.9. The molecule has 0 bridgehead atoms. The van der Waals surface area contributed by atoms with Crippen LogP contribution in [0, 0.1) is 6.92 Å². The van der Waals surface area contributed by atoms with Gasteiger partial charge in [0.25, 0.3) is 0 Å². The van der Waals surface area contributed by atoms with Crippen molar-refractivity contribution < 1.29 is 9.90 Å². The SMILES string of the molecule is Cc1ccc(-c2nc3cccnc3n2CC(=O)O)cc1. The predicted molar refractivity (Wildman–Crippen MR) is 75.3 cm³/mol. The molecule has 0 aliphatic rings. The molecular formula is C15H13N3O2. The average Bonchev–Trinajstić information content (AvgIpc) is 2.78. The maximum absolute atomic E-state index is 11.1. The Labute approximate surface area is 115 Å². The summed E-state index contributed by atoms with van der Waals surface area (Å²) in [5.74, 6) is -0.288. The number of hydrogen-bond donors (Lipinski definition) is 1. The monoisotopic (exact) mass is 267 g/mol. The lowest BCUT2D eigenvalue weighted by molar-refractivity contribution is -0.137. The Hall–Kier alpha value is -2.69. The number of rotatable bonds is 3. The van der Waals surface area contributed by atoms with Crippen LogP contribution in [0.15, 0.2) is 42.6 Å². The van der Waals surface area contributed by atoms with Gasteiger partial charge in [0.1, 0.15) is 17.9 Å². The van der Waals surface area contributed by atoms with Crippen molar-refractivity contribution in [3.63, 3.8) is 0 Å². The summed E-state index contributed by atoms with van der Waals surface area (Å²) in [7, 11) is 0. The normalized spacial score (nSPS) is 10.8. The lowest BCUT2D eigenvalue weighted by Crippen LogP contribution is -2.10. The minimum absolute atomic E-state index is 0.156. The summed E-state index contributed by atoms with van der Waals surface area (Å²) < 4.78 is 1.63. The van der Waals surface area contributed by atoms with Gasteiger partial charge in [-0.1, -0.05) is 29.8 Å². The number of aliphatic carboxylic acids is 1. The molecule has 0 fully saturated rings. The first-order chi connectivity index (χ1) is 9.65. The first-order valence-corrected chi connectivity index (χ1v) is 6.25. The molecule has 0 aliphatic carbocycles. The van der Waals surface area contributed by atoms with E-state index >= 15 is 0 Å². The van der Waals surface area contributed by atoms with Gasteiger partial charge in [-0.15, -0.1) is 0 Å².